The first-order valence-electron chi connectivity index (χ1n) is 6.77. The topological polar surface area (TPSA) is 50.9 Å². The fourth-order valence-corrected chi connectivity index (χ4v) is 2.35. The van der Waals surface area contributed by atoms with Crippen molar-refractivity contribution in [2.75, 3.05) is 0 Å². The zero-order valence-corrected chi connectivity index (χ0v) is 12.7. The van der Waals surface area contributed by atoms with E-state index in [2.05, 4.69) is 10.1 Å². The van der Waals surface area contributed by atoms with Gasteiger partial charge in [-0.2, -0.15) is 5.10 Å². The van der Waals surface area contributed by atoms with Crippen LogP contribution in [-0.2, 0) is 7.05 Å². The Morgan fingerprint density at radius 2 is 1.77 bits per heavy atom. The minimum atomic E-state index is 0.180. The number of aromatic hydroxyl groups is 1. The number of phenolic OH excluding ortho intramolecular Hbond substituents is 1. The van der Waals surface area contributed by atoms with Gasteiger partial charge in [0.1, 0.15) is 5.75 Å². The Hall–Kier alpha value is -2.59. The fourth-order valence-electron chi connectivity index (χ4n) is 2.15. The number of aryl methyl sites for hydroxylation is 1. The molecule has 4 nitrogen and oxygen atoms in total. The average Bonchev–Trinajstić information content (AvgIpc) is 2.88. The highest BCUT2D eigenvalue weighted by Gasteiger charge is 2.11. The molecule has 0 saturated heterocycles. The molecule has 0 aliphatic rings. The third kappa shape index (κ3) is 2.87. The van der Waals surface area contributed by atoms with E-state index in [1.165, 1.54) is 0 Å². The van der Waals surface area contributed by atoms with Crippen LogP contribution in [0.4, 0.5) is 0 Å². The van der Waals surface area contributed by atoms with E-state index in [9.17, 15) is 5.11 Å². The van der Waals surface area contributed by atoms with E-state index in [-0.39, 0.29) is 5.75 Å². The smallest absolute Gasteiger partial charge is 0.174 e. The Labute approximate surface area is 133 Å². The SMILES string of the molecule is Cn1nc(C=Cc2ccccc2Cl)nc1-c1ccccc1O. The van der Waals surface area contributed by atoms with Gasteiger partial charge in [-0.25, -0.2) is 9.67 Å². The number of benzene rings is 2. The average molecular weight is 312 g/mol. The maximum Gasteiger partial charge on any atom is 0.174 e. The molecule has 0 bridgehead atoms. The van der Waals surface area contributed by atoms with Crippen LogP contribution in [0, 0.1) is 0 Å². The zero-order valence-electron chi connectivity index (χ0n) is 11.9. The summed E-state index contributed by atoms with van der Waals surface area (Å²) in [6.45, 7) is 0. The number of para-hydroxylation sites is 1. The second-order valence-electron chi connectivity index (χ2n) is 4.79. The van der Waals surface area contributed by atoms with Gasteiger partial charge < -0.3 is 5.11 Å². The van der Waals surface area contributed by atoms with Gasteiger partial charge in [0.2, 0.25) is 0 Å². The van der Waals surface area contributed by atoms with Crippen LogP contribution < -0.4 is 0 Å². The van der Waals surface area contributed by atoms with Gasteiger partial charge in [-0.15, -0.1) is 0 Å². The molecule has 0 unspecified atom stereocenters. The molecule has 1 aromatic heterocycles. The normalized spacial score (nSPS) is 11.2. The molecule has 0 aliphatic carbocycles. The molecule has 0 saturated carbocycles. The molecule has 5 heteroatoms. The largest absolute Gasteiger partial charge is 0.507 e. The van der Waals surface area contributed by atoms with Crippen LogP contribution in [0.5, 0.6) is 5.75 Å². The van der Waals surface area contributed by atoms with E-state index in [0.717, 1.165) is 5.56 Å². The molecule has 22 heavy (non-hydrogen) atoms. The molecule has 0 radical (unpaired) electrons. The summed E-state index contributed by atoms with van der Waals surface area (Å²) >= 11 is 6.11. The molecule has 110 valence electrons. The van der Waals surface area contributed by atoms with Crippen molar-refractivity contribution in [2.24, 2.45) is 7.05 Å². The number of hydrogen-bond acceptors (Lipinski definition) is 3. The van der Waals surface area contributed by atoms with Crippen LogP contribution in [-0.4, -0.2) is 19.9 Å². The molecule has 0 aliphatic heterocycles. The lowest BCUT2D eigenvalue weighted by Crippen LogP contribution is -1.94. The molecular formula is C17H14ClN3O. The quantitative estimate of drug-likeness (QED) is 0.795. The number of phenols is 1. The van der Waals surface area contributed by atoms with Crippen LogP contribution >= 0.6 is 11.6 Å². The second kappa shape index (κ2) is 6.03. The second-order valence-corrected chi connectivity index (χ2v) is 5.20. The first-order valence-corrected chi connectivity index (χ1v) is 7.15. The minimum Gasteiger partial charge on any atom is -0.507 e. The van der Waals surface area contributed by atoms with Crippen LogP contribution in [0.1, 0.15) is 11.4 Å². The number of hydrogen-bond donors (Lipinski definition) is 1. The maximum absolute atomic E-state index is 9.93. The first-order chi connectivity index (χ1) is 10.6. The Bertz CT molecular complexity index is 839. The maximum atomic E-state index is 9.93. The summed E-state index contributed by atoms with van der Waals surface area (Å²) in [5.41, 5.74) is 1.55. The van der Waals surface area contributed by atoms with Gasteiger partial charge in [0.25, 0.3) is 0 Å². The third-order valence-electron chi connectivity index (χ3n) is 3.24. The van der Waals surface area contributed by atoms with Crippen LogP contribution in [0.15, 0.2) is 48.5 Å². The summed E-state index contributed by atoms with van der Waals surface area (Å²) in [5, 5.41) is 14.9. The minimum absolute atomic E-state index is 0.180. The Morgan fingerprint density at radius 3 is 2.55 bits per heavy atom. The molecule has 0 amide bonds. The predicted molar refractivity (Wildman–Crippen MR) is 88.5 cm³/mol. The highest BCUT2D eigenvalue weighted by atomic mass is 35.5. The highest BCUT2D eigenvalue weighted by molar-refractivity contribution is 6.32. The third-order valence-corrected chi connectivity index (χ3v) is 3.59. The van der Waals surface area contributed by atoms with Crippen LogP contribution in [0.2, 0.25) is 5.02 Å². The summed E-state index contributed by atoms with van der Waals surface area (Å²) in [4.78, 5) is 4.45. The lowest BCUT2D eigenvalue weighted by atomic mass is 10.2. The molecular weight excluding hydrogens is 298 g/mol. The van der Waals surface area contributed by atoms with Gasteiger partial charge in [-0.1, -0.05) is 41.9 Å². The molecule has 1 N–H and O–H groups in total. The summed E-state index contributed by atoms with van der Waals surface area (Å²) in [6.07, 6.45) is 3.66. The summed E-state index contributed by atoms with van der Waals surface area (Å²) < 4.78 is 1.64. The monoisotopic (exact) mass is 311 g/mol. The van der Waals surface area contributed by atoms with Crippen LogP contribution in [0.3, 0.4) is 0 Å². The molecule has 0 spiro atoms. The zero-order chi connectivity index (χ0) is 15.5. The molecule has 0 fully saturated rings. The molecule has 3 aromatic rings. The summed E-state index contributed by atoms with van der Waals surface area (Å²) in [7, 11) is 1.79. The number of halogens is 1. The Kier molecular flexibility index (Phi) is 3.94. The molecule has 3 rings (SSSR count). The summed E-state index contributed by atoms with van der Waals surface area (Å²) in [5.74, 6) is 1.34. The number of aromatic nitrogens is 3. The van der Waals surface area contributed by atoms with Gasteiger partial charge in [-0.3, -0.25) is 0 Å². The van der Waals surface area contributed by atoms with Crippen molar-refractivity contribution < 1.29 is 5.11 Å². The van der Waals surface area contributed by atoms with Gasteiger partial charge in [0.05, 0.1) is 5.56 Å². The predicted octanol–water partition coefficient (Wildman–Crippen LogP) is 4.01. The van der Waals surface area contributed by atoms with Crippen molar-refractivity contribution in [1.29, 1.82) is 0 Å². The van der Waals surface area contributed by atoms with E-state index in [1.807, 2.05) is 36.4 Å². The Balaban J connectivity index is 1.93. The molecule has 2 aromatic carbocycles. The van der Waals surface area contributed by atoms with Crippen molar-refractivity contribution in [2.45, 2.75) is 0 Å². The van der Waals surface area contributed by atoms with E-state index >= 15 is 0 Å². The van der Waals surface area contributed by atoms with Gasteiger partial charge >= 0.3 is 0 Å². The molecule has 0 atom stereocenters. The van der Waals surface area contributed by atoms with E-state index in [1.54, 1.807) is 36.0 Å². The van der Waals surface area contributed by atoms with Crippen molar-refractivity contribution in [3.05, 3.63) is 64.9 Å². The first kappa shape index (κ1) is 14.4. The highest BCUT2D eigenvalue weighted by Crippen LogP contribution is 2.27. The van der Waals surface area contributed by atoms with Gasteiger partial charge in [0.15, 0.2) is 11.6 Å². The molecule has 1 heterocycles. The van der Waals surface area contributed by atoms with Crippen molar-refractivity contribution in [1.82, 2.24) is 14.8 Å². The lowest BCUT2D eigenvalue weighted by molar-refractivity contribution is 0.476. The van der Waals surface area contributed by atoms with Crippen molar-refractivity contribution in [3.63, 3.8) is 0 Å². The number of rotatable bonds is 3. The van der Waals surface area contributed by atoms with E-state index in [4.69, 9.17) is 11.6 Å². The van der Waals surface area contributed by atoms with Gasteiger partial charge in [0, 0.05) is 12.1 Å². The fraction of sp³-hybridized carbons (Fsp3) is 0.0588. The van der Waals surface area contributed by atoms with Crippen molar-refractivity contribution in [3.8, 4) is 17.1 Å². The van der Waals surface area contributed by atoms with E-state index in [0.29, 0.717) is 22.2 Å². The van der Waals surface area contributed by atoms with E-state index < -0.39 is 0 Å². The van der Waals surface area contributed by atoms with Crippen molar-refractivity contribution >= 4 is 23.8 Å². The number of nitrogens with zero attached hydrogens (tertiary/aromatic N) is 3. The lowest BCUT2D eigenvalue weighted by Gasteiger charge is -2.01. The standard InChI is InChI=1S/C17H14ClN3O/c1-21-17(13-7-3-5-9-15(13)22)19-16(20-21)11-10-12-6-2-4-8-14(12)18/h2-11,22H,1H3. The van der Waals surface area contributed by atoms with Gasteiger partial charge in [-0.05, 0) is 35.9 Å². The Morgan fingerprint density at radius 1 is 1.05 bits per heavy atom. The summed E-state index contributed by atoms with van der Waals surface area (Å²) in [6, 6.07) is 14.6. The van der Waals surface area contributed by atoms with Crippen LogP contribution in [0.25, 0.3) is 23.5 Å².